The van der Waals surface area contributed by atoms with E-state index in [9.17, 15) is 9.59 Å². The number of amides is 1. The molecule has 0 bridgehead atoms. The van der Waals surface area contributed by atoms with Gasteiger partial charge in [-0.1, -0.05) is 26.2 Å². The average Bonchev–Trinajstić information content (AvgIpc) is 2.89. The molecule has 2 N–H and O–H groups in total. The van der Waals surface area contributed by atoms with Gasteiger partial charge >= 0.3 is 5.97 Å². The lowest BCUT2D eigenvalue weighted by atomic mass is 10.1. The fourth-order valence-electron chi connectivity index (χ4n) is 2.05. The van der Waals surface area contributed by atoms with Gasteiger partial charge in [0.1, 0.15) is 5.76 Å². The van der Waals surface area contributed by atoms with Crippen molar-refractivity contribution in [1.29, 1.82) is 0 Å². The van der Waals surface area contributed by atoms with E-state index in [1.54, 1.807) is 6.07 Å². The van der Waals surface area contributed by atoms with Crippen LogP contribution in [-0.4, -0.2) is 23.5 Å². The normalized spacial score (nSPS) is 10.4. The number of hydrogen-bond donors (Lipinski definition) is 2. The quantitative estimate of drug-likeness (QED) is 0.646. The Morgan fingerprint density at radius 1 is 1.20 bits per heavy atom. The SMILES string of the molecule is CCc1occc1C(=O)NCCCCCCCC(=O)O. The molecular weight excluding hydrogens is 258 g/mol. The predicted octanol–water partition coefficient (Wildman–Crippen LogP) is 3.00. The Labute approximate surface area is 119 Å². The molecule has 0 unspecified atom stereocenters. The van der Waals surface area contributed by atoms with Gasteiger partial charge in [-0.25, -0.2) is 0 Å². The van der Waals surface area contributed by atoms with Crippen molar-refractivity contribution < 1.29 is 19.1 Å². The van der Waals surface area contributed by atoms with Gasteiger partial charge in [0.05, 0.1) is 11.8 Å². The van der Waals surface area contributed by atoms with Gasteiger partial charge in [-0.05, 0) is 18.9 Å². The molecule has 0 spiro atoms. The maximum Gasteiger partial charge on any atom is 0.303 e. The molecule has 1 aromatic heterocycles. The van der Waals surface area contributed by atoms with Crippen LogP contribution in [0.15, 0.2) is 16.7 Å². The van der Waals surface area contributed by atoms with Crippen molar-refractivity contribution in [2.24, 2.45) is 0 Å². The number of furan rings is 1. The Balaban J connectivity index is 2.07. The van der Waals surface area contributed by atoms with Crippen LogP contribution in [0.3, 0.4) is 0 Å². The Morgan fingerprint density at radius 3 is 2.60 bits per heavy atom. The van der Waals surface area contributed by atoms with E-state index in [2.05, 4.69) is 5.32 Å². The largest absolute Gasteiger partial charge is 0.481 e. The van der Waals surface area contributed by atoms with Crippen LogP contribution >= 0.6 is 0 Å². The van der Waals surface area contributed by atoms with Crippen LogP contribution in [0.1, 0.15) is 61.6 Å². The first-order chi connectivity index (χ1) is 9.65. The summed E-state index contributed by atoms with van der Waals surface area (Å²) in [6.07, 6.45) is 7.09. The molecule has 0 saturated carbocycles. The average molecular weight is 281 g/mol. The summed E-state index contributed by atoms with van der Waals surface area (Å²) in [5, 5.41) is 11.4. The Hall–Kier alpha value is -1.78. The summed E-state index contributed by atoms with van der Waals surface area (Å²) in [6.45, 7) is 2.60. The number of aryl methyl sites for hydroxylation is 1. The van der Waals surface area contributed by atoms with E-state index in [1.165, 1.54) is 6.26 Å². The molecule has 1 heterocycles. The van der Waals surface area contributed by atoms with Crippen LogP contribution in [0, 0.1) is 0 Å². The number of carbonyl (C=O) groups is 2. The third-order valence-electron chi connectivity index (χ3n) is 3.16. The zero-order valence-electron chi connectivity index (χ0n) is 12.0. The monoisotopic (exact) mass is 281 g/mol. The van der Waals surface area contributed by atoms with Gasteiger partial charge in [0.2, 0.25) is 0 Å². The van der Waals surface area contributed by atoms with Crippen molar-refractivity contribution in [1.82, 2.24) is 5.32 Å². The fourth-order valence-corrected chi connectivity index (χ4v) is 2.05. The molecule has 1 aromatic rings. The highest BCUT2D eigenvalue weighted by atomic mass is 16.4. The third kappa shape index (κ3) is 5.91. The highest BCUT2D eigenvalue weighted by Crippen LogP contribution is 2.11. The smallest absolute Gasteiger partial charge is 0.303 e. The first-order valence-corrected chi connectivity index (χ1v) is 7.21. The Morgan fingerprint density at radius 2 is 1.90 bits per heavy atom. The first-order valence-electron chi connectivity index (χ1n) is 7.21. The molecule has 0 aromatic carbocycles. The maximum absolute atomic E-state index is 11.9. The van der Waals surface area contributed by atoms with Crippen LogP contribution < -0.4 is 5.32 Å². The van der Waals surface area contributed by atoms with Crippen LogP contribution in [0.5, 0.6) is 0 Å². The highest BCUT2D eigenvalue weighted by Gasteiger charge is 2.12. The molecule has 1 amide bonds. The van der Waals surface area contributed by atoms with Crippen molar-refractivity contribution in [3.8, 4) is 0 Å². The second kappa shape index (κ2) is 9.18. The van der Waals surface area contributed by atoms with E-state index in [1.807, 2.05) is 6.92 Å². The summed E-state index contributed by atoms with van der Waals surface area (Å²) in [4.78, 5) is 22.2. The predicted molar refractivity (Wildman–Crippen MR) is 75.8 cm³/mol. The van der Waals surface area contributed by atoms with Gasteiger partial charge in [0, 0.05) is 19.4 Å². The van der Waals surface area contributed by atoms with Crippen molar-refractivity contribution in [2.45, 2.75) is 51.9 Å². The lowest BCUT2D eigenvalue weighted by Gasteiger charge is -2.05. The number of rotatable bonds is 10. The molecule has 20 heavy (non-hydrogen) atoms. The van der Waals surface area contributed by atoms with Crippen LogP contribution in [0.2, 0.25) is 0 Å². The zero-order valence-corrected chi connectivity index (χ0v) is 12.0. The molecule has 0 fully saturated rings. The number of carbonyl (C=O) groups excluding carboxylic acids is 1. The Bertz CT molecular complexity index is 425. The second-order valence-corrected chi connectivity index (χ2v) is 4.78. The van der Waals surface area contributed by atoms with E-state index in [0.717, 1.165) is 37.9 Å². The maximum atomic E-state index is 11.9. The van der Waals surface area contributed by atoms with Crippen LogP contribution in [0.4, 0.5) is 0 Å². The summed E-state index contributed by atoms with van der Waals surface area (Å²) < 4.78 is 5.22. The van der Waals surface area contributed by atoms with Crippen molar-refractivity contribution in [3.05, 3.63) is 23.7 Å². The van der Waals surface area contributed by atoms with Crippen molar-refractivity contribution in [3.63, 3.8) is 0 Å². The summed E-state index contributed by atoms with van der Waals surface area (Å²) in [5.41, 5.74) is 0.619. The fraction of sp³-hybridized carbons (Fsp3) is 0.600. The van der Waals surface area contributed by atoms with Crippen molar-refractivity contribution >= 4 is 11.9 Å². The van der Waals surface area contributed by atoms with Gasteiger partial charge in [-0.15, -0.1) is 0 Å². The number of hydrogen-bond acceptors (Lipinski definition) is 3. The lowest BCUT2D eigenvalue weighted by Crippen LogP contribution is -2.24. The lowest BCUT2D eigenvalue weighted by molar-refractivity contribution is -0.137. The molecule has 0 radical (unpaired) electrons. The molecule has 0 atom stereocenters. The second-order valence-electron chi connectivity index (χ2n) is 4.78. The van der Waals surface area contributed by atoms with E-state index in [0.29, 0.717) is 18.5 Å². The number of carboxylic acid groups (broad SMARTS) is 1. The zero-order chi connectivity index (χ0) is 14.8. The summed E-state index contributed by atoms with van der Waals surface area (Å²) in [7, 11) is 0. The summed E-state index contributed by atoms with van der Waals surface area (Å²) in [5.74, 6) is -0.0956. The van der Waals surface area contributed by atoms with E-state index in [-0.39, 0.29) is 12.3 Å². The molecule has 0 saturated heterocycles. The third-order valence-corrected chi connectivity index (χ3v) is 3.16. The standard InChI is InChI=1S/C15H23NO4/c1-2-13-12(9-11-20-13)15(19)16-10-7-5-3-4-6-8-14(17)18/h9,11H,2-8,10H2,1H3,(H,16,19)(H,17,18). The number of aliphatic carboxylic acids is 1. The minimum Gasteiger partial charge on any atom is -0.481 e. The summed E-state index contributed by atoms with van der Waals surface area (Å²) >= 11 is 0. The van der Waals surface area contributed by atoms with Gasteiger partial charge < -0.3 is 14.8 Å². The minimum atomic E-state index is -0.732. The number of nitrogens with one attached hydrogen (secondary N) is 1. The van der Waals surface area contributed by atoms with E-state index >= 15 is 0 Å². The van der Waals surface area contributed by atoms with Gasteiger partial charge in [-0.2, -0.15) is 0 Å². The number of unbranched alkanes of at least 4 members (excludes halogenated alkanes) is 4. The molecule has 0 aliphatic heterocycles. The molecule has 112 valence electrons. The highest BCUT2D eigenvalue weighted by molar-refractivity contribution is 5.95. The first kappa shape index (κ1) is 16.3. The van der Waals surface area contributed by atoms with Crippen LogP contribution in [-0.2, 0) is 11.2 Å². The van der Waals surface area contributed by atoms with E-state index < -0.39 is 5.97 Å². The molecular formula is C15H23NO4. The molecule has 5 heteroatoms. The van der Waals surface area contributed by atoms with Gasteiger partial charge in [-0.3, -0.25) is 9.59 Å². The number of carboxylic acids is 1. The molecule has 5 nitrogen and oxygen atoms in total. The molecule has 1 rings (SSSR count). The molecule has 0 aliphatic carbocycles. The topological polar surface area (TPSA) is 79.5 Å². The van der Waals surface area contributed by atoms with E-state index in [4.69, 9.17) is 9.52 Å². The minimum absolute atomic E-state index is 0.0820. The molecule has 0 aliphatic rings. The van der Waals surface area contributed by atoms with Gasteiger partial charge in [0.25, 0.3) is 5.91 Å². The van der Waals surface area contributed by atoms with Crippen LogP contribution in [0.25, 0.3) is 0 Å². The van der Waals surface area contributed by atoms with Crippen molar-refractivity contribution in [2.75, 3.05) is 6.54 Å². The summed E-state index contributed by atoms with van der Waals surface area (Å²) in [6, 6.07) is 1.69. The van der Waals surface area contributed by atoms with Gasteiger partial charge in [0.15, 0.2) is 0 Å². The Kier molecular flexibility index (Phi) is 7.47.